The lowest BCUT2D eigenvalue weighted by Crippen LogP contribution is -2.21. The molecule has 2 aromatic rings. The SMILES string of the molecule is Cc1nc(NCCc2ccccc2)sc1C(=O)N(C)C. The Balaban J connectivity index is 1.94. The molecule has 0 unspecified atom stereocenters. The number of hydrogen-bond donors (Lipinski definition) is 1. The van der Waals surface area contributed by atoms with Gasteiger partial charge in [0.25, 0.3) is 5.91 Å². The standard InChI is InChI=1S/C15H19N3OS/c1-11-13(14(19)18(2)3)20-15(17-11)16-10-9-12-7-5-4-6-8-12/h4-8H,9-10H2,1-3H3,(H,16,17). The van der Waals surface area contributed by atoms with E-state index < -0.39 is 0 Å². The summed E-state index contributed by atoms with van der Waals surface area (Å²) in [6.07, 6.45) is 0.941. The summed E-state index contributed by atoms with van der Waals surface area (Å²) in [5.41, 5.74) is 2.08. The summed E-state index contributed by atoms with van der Waals surface area (Å²) in [7, 11) is 3.51. The molecule has 0 aliphatic carbocycles. The fraction of sp³-hybridized carbons (Fsp3) is 0.333. The molecular formula is C15H19N3OS. The maximum absolute atomic E-state index is 11.9. The highest BCUT2D eigenvalue weighted by Crippen LogP contribution is 2.23. The van der Waals surface area contributed by atoms with Crippen LogP contribution in [0, 0.1) is 6.92 Å². The molecule has 20 heavy (non-hydrogen) atoms. The number of benzene rings is 1. The van der Waals surface area contributed by atoms with Gasteiger partial charge < -0.3 is 10.2 Å². The normalized spacial score (nSPS) is 10.3. The lowest BCUT2D eigenvalue weighted by atomic mass is 10.2. The second-order valence-electron chi connectivity index (χ2n) is 4.80. The van der Waals surface area contributed by atoms with Crippen molar-refractivity contribution in [1.82, 2.24) is 9.88 Å². The number of aromatic nitrogens is 1. The van der Waals surface area contributed by atoms with Gasteiger partial charge in [0.05, 0.1) is 5.69 Å². The third-order valence-electron chi connectivity index (χ3n) is 2.93. The lowest BCUT2D eigenvalue weighted by Gasteiger charge is -2.07. The number of thiazole rings is 1. The first-order valence-electron chi connectivity index (χ1n) is 6.55. The summed E-state index contributed by atoms with van der Waals surface area (Å²) >= 11 is 1.42. The number of carbonyl (C=O) groups excluding carboxylic acids is 1. The Morgan fingerprint density at radius 1 is 1.30 bits per heavy atom. The third kappa shape index (κ3) is 3.57. The molecule has 0 fully saturated rings. The van der Waals surface area contributed by atoms with E-state index in [0.717, 1.165) is 23.8 Å². The molecule has 106 valence electrons. The average molecular weight is 289 g/mol. The van der Waals surface area contributed by atoms with Crippen molar-refractivity contribution >= 4 is 22.4 Å². The van der Waals surface area contributed by atoms with Crippen molar-refractivity contribution in [2.45, 2.75) is 13.3 Å². The number of hydrogen-bond acceptors (Lipinski definition) is 4. The van der Waals surface area contributed by atoms with Gasteiger partial charge in [-0.15, -0.1) is 0 Å². The Labute approximate surface area is 123 Å². The van der Waals surface area contributed by atoms with Crippen LogP contribution in [-0.4, -0.2) is 36.4 Å². The monoisotopic (exact) mass is 289 g/mol. The molecule has 2 rings (SSSR count). The molecule has 0 bridgehead atoms. The number of amides is 1. The molecule has 0 saturated heterocycles. The van der Waals surface area contributed by atoms with Crippen molar-refractivity contribution in [1.29, 1.82) is 0 Å². The van der Waals surface area contributed by atoms with Crippen LogP contribution < -0.4 is 5.32 Å². The zero-order chi connectivity index (χ0) is 14.5. The van der Waals surface area contributed by atoms with Crippen LogP contribution in [0.1, 0.15) is 20.9 Å². The Hall–Kier alpha value is -1.88. The molecule has 0 aliphatic rings. The highest BCUT2D eigenvalue weighted by molar-refractivity contribution is 7.17. The number of nitrogens with zero attached hydrogens (tertiary/aromatic N) is 2. The van der Waals surface area contributed by atoms with E-state index in [1.54, 1.807) is 19.0 Å². The zero-order valence-corrected chi connectivity index (χ0v) is 12.8. The minimum Gasteiger partial charge on any atom is -0.361 e. The van der Waals surface area contributed by atoms with Crippen LogP contribution in [0.25, 0.3) is 0 Å². The molecule has 4 nitrogen and oxygen atoms in total. The summed E-state index contributed by atoms with van der Waals surface area (Å²) in [6, 6.07) is 10.3. The largest absolute Gasteiger partial charge is 0.361 e. The topological polar surface area (TPSA) is 45.2 Å². The van der Waals surface area contributed by atoms with Crippen molar-refractivity contribution in [3.05, 3.63) is 46.5 Å². The van der Waals surface area contributed by atoms with Crippen LogP contribution in [0.2, 0.25) is 0 Å². The van der Waals surface area contributed by atoms with E-state index >= 15 is 0 Å². The highest BCUT2D eigenvalue weighted by Gasteiger charge is 2.16. The summed E-state index contributed by atoms with van der Waals surface area (Å²) in [4.78, 5) is 18.6. The summed E-state index contributed by atoms with van der Waals surface area (Å²) < 4.78 is 0. The molecule has 0 atom stereocenters. The third-order valence-corrected chi connectivity index (χ3v) is 4.03. The first-order valence-corrected chi connectivity index (χ1v) is 7.36. The Kier molecular flexibility index (Phi) is 4.74. The second-order valence-corrected chi connectivity index (χ2v) is 5.79. The first-order chi connectivity index (χ1) is 9.58. The minimum atomic E-state index is 0.0103. The van der Waals surface area contributed by atoms with Gasteiger partial charge in [0.15, 0.2) is 5.13 Å². The smallest absolute Gasteiger partial charge is 0.265 e. The van der Waals surface area contributed by atoms with Crippen LogP contribution >= 0.6 is 11.3 Å². The minimum absolute atomic E-state index is 0.0103. The molecule has 1 aromatic heterocycles. The van der Waals surface area contributed by atoms with Crippen LogP contribution in [0.5, 0.6) is 0 Å². The van der Waals surface area contributed by atoms with E-state index in [-0.39, 0.29) is 5.91 Å². The fourth-order valence-corrected chi connectivity index (χ4v) is 2.85. The molecular weight excluding hydrogens is 270 g/mol. The first kappa shape index (κ1) is 14.5. The van der Waals surface area contributed by atoms with Crippen LogP contribution in [-0.2, 0) is 6.42 Å². The molecule has 1 N–H and O–H groups in total. The molecule has 0 aliphatic heterocycles. The van der Waals surface area contributed by atoms with Crippen molar-refractivity contribution in [2.24, 2.45) is 0 Å². The Morgan fingerprint density at radius 2 is 2.00 bits per heavy atom. The van der Waals surface area contributed by atoms with Gasteiger partial charge in [-0.2, -0.15) is 0 Å². The number of carbonyl (C=O) groups is 1. The number of aryl methyl sites for hydroxylation is 1. The zero-order valence-electron chi connectivity index (χ0n) is 12.0. The fourth-order valence-electron chi connectivity index (χ4n) is 1.83. The molecule has 1 amide bonds. The van der Waals surface area contributed by atoms with Gasteiger partial charge in [0.2, 0.25) is 0 Å². The highest BCUT2D eigenvalue weighted by atomic mass is 32.1. The Morgan fingerprint density at radius 3 is 2.65 bits per heavy atom. The van der Waals surface area contributed by atoms with E-state index in [4.69, 9.17) is 0 Å². The number of rotatable bonds is 5. The maximum atomic E-state index is 11.9. The van der Waals surface area contributed by atoms with E-state index in [1.165, 1.54) is 16.9 Å². The van der Waals surface area contributed by atoms with Gasteiger partial charge in [-0.05, 0) is 18.9 Å². The summed E-state index contributed by atoms with van der Waals surface area (Å²) in [5.74, 6) is 0.0103. The van der Waals surface area contributed by atoms with Crippen molar-refractivity contribution in [2.75, 3.05) is 26.0 Å². The maximum Gasteiger partial charge on any atom is 0.265 e. The predicted octanol–water partition coefficient (Wildman–Crippen LogP) is 2.81. The lowest BCUT2D eigenvalue weighted by molar-refractivity contribution is 0.0831. The predicted molar refractivity (Wildman–Crippen MR) is 83.5 cm³/mol. The molecule has 5 heteroatoms. The number of nitrogens with one attached hydrogen (secondary N) is 1. The van der Waals surface area contributed by atoms with Crippen molar-refractivity contribution < 1.29 is 4.79 Å². The van der Waals surface area contributed by atoms with Crippen molar-refractivity contribution in [3.63, 3.8) is 0 Å². The molecule has 0 spiro atoms. The van der Waals surface area contributed by atoms with Gasteiger partial charge in [0.1, 0.15) is 4.88 Å². The molecule has 0 saturated carbocycles. The summed E-state index contributed by atoms with van der Waals surface area (Å²) in [5, 5.41) is 4.09. The summed E-state index contributed by atoms with van der Waals surface area (Å²) in [6.45, 7) is 2.68. The van der Waals surface area contributed by atoms with Crippen LogP contribution in [0.3, 0.4) is 0 Å². The van der Waals surface area contributed by atoms with E-state index in [2.05, 4.69) is 22.4 Å². The quantitative estimate of drug-likeness (QED) is 0.920. The van der Waals surface area contributed by atoms with Gasteiger partial charge in [-0.1, -0.05) is 41.7 Å². The second kappa shape index (κ2) is 6.52. The van der Waals surface area contributed by atoms with Crippen LogP contribution in [0.15, 0.2) is 30.3 Å². The molecule has 0 radical (unpaired) electrons. The molecule has 1 heterocycles. The molecule has 1 aromatic carbocycles. The Bertz CT molecular complexity index is 578. The van der Waals surface area contributed by atoms with E-state index in [9.17, 15) is 4.79 Å². The van der Waals surface area contributed by atoms with Gasteiger partial charge in [-0.25, -0.2) is 4.98 Å². The van der Waals surface area contributed by atoms with Gasteiger partial charge in [0, 0.05) is 20.6 Å². The van der Waals surface area contributed by atoms with Crippen molar-refractivity contribution in [3.8, 4) is 0 Å². The number of anilines is 1. The average Bonchev–Trinajstić information content (AvgIpc) is 2.80. The van der Waals surface area contributed by atoms with Crippen LogP contribution in [0.4, 0.5) is 5.13 Å². The van der Waals surface area contributed by atoms with E-state index in [1.807, 2.05) is 25.1 Å². The van der Waals surface area contributed by atoms with E-state index in [0.29, 0.717) is 4.88 Å². The van der Waals surface area contributed by atoms with Gasteiger partial charge >= 0.3 is 0 Å². The van der Waals surface area contributed by atoms with Gasteiger partial charge in [-0.3, -0.25) is 4.79 Å².